The summed E-state index contributed by atoms with van der Waals surface area (Å²) in [6, 6.07) is 2.72. The van der Waals surface area contributed by atoms with Gasteiger partial charge in [0, 0.05) is 37.4 Å². The van der Waals surface area contributed by atoms with Crippen molar-refractivity contribution in [2.75, 3.05) is 5.75 Å². The normalized spacial score (nSPS) is 16.3. The van der Waals surface area contributed by atoms with E-state index >= 15 is 0 Å². The zero-order valence-corrected chi connectivity index (χ0v) is 18.9. The molecule has 0 aromatic carbocycles. The minimum absolute atomic E-state index is 0.0423. The Bertz CT molecular complexity index is 1490. The predicted molar refractivity (Wildman–Crippen MR) is 114 cm³/mol. The highest BCUT2D eigenvalue weighted by molar-refractivity contribution is 7.92. The molecule has 4 heterocycles. The molecular formula is C20H20F2N8O2S. The molecule has 5 rings (SSSR count). The van der Waals surface area contributed by atoms with Gasteiger partial charge in [0.1, 0.15) is 16.9 Å². The highest BCUT2D eigenvalue weighted by atomic mass is 32.2. The van der Waals surface area contributed by atoms with E-state index in [1.165, 1.54) is 10.8 Å². The number of hydrogen-bond donors (Lipinski definition) is 1. The van der Waals surface area contributed by atoms with Gasteiger partial charge in [0.2, 0.25) is 11.7 Å². The average molecular weight is 474 g/mol. The van der Waals surface area contributed by atoms with Gasteiger partial charge in [0.05, 0.1) is 14.6 Å². The second-order valence-corrected chi connectivity index (χ2v) is 10.5. The first-order valence-electron chi connectivity index (χ1n) is 10.3. The molecule has 0 radical (unpaired) electrons. The molecule has 1 atom stereocenters. The SMILES string of the molecule is CCS(=N)(=O)c1cc(-c2noc(C3CC3)n2)cnc1-c1nc2cc(C(C)(F)F)nnc2n1C. The topological polar surface area (TPSA) is 136 Å². The number of halogens is 2. The number of aromatic nitrogens is 7. The maximum absolute atomic E-state index is 13.7. The molecule has 0 spiro atoms. The first kappa shape index (κ1) is 21.5. The second kappa shape index (κ2) is 7.33. The summed E-state index contributed by atoms with van der Waals surface area (Å²) in [5.41, 5.74) is 0.594. The quantitative estimate of drug-likeness (QED) is 0.444. The molecule has 1 unspecified atom stereocenters. The molecule has 172 valence electrons. The molecule has 0 bridgehead atoms. The fourth-order valence-corrected chi connectivity index (χ4v) is 4.49. The van der Waals surface area contributed by atoms with Gasteiger partial charge in [-0.25, -0.2) is 14.0 Å². The van der Waals surface area contributed by atoms with Crippen molar-refractivity contribution in [3.05, 3.63) is 29.9 Å². The maximum atomic E-state index is 13.7. The van der Waals surface area contributed by atoms with Gasteiger partial charge in [0.15, 0.2) is 11.5 Å². The van der Waals surface area contributed by atoms with Crippen LogP contribution < -0.4 is 0 Å². The highest BCUT2D eigenvalue weighted by Gasteiger charge is 2.31. The molecule has 0 aliphatic heterocycles. The Labute approximate surface area is 187 Å². The first-order valence-corrected chi connectivity index (χ1v) is 12.0. The van der Waals surface area contributed by atoms with Crippen LogP contribution >= 0.6 is 0 Å². The van der Waals surface area contributed by atoms with Gasteiger partial charge in [0.25, 0.3) is 5.92 Å². The summed E-state index contributed by atoms with van der Waals surface area (Å²) in [7, 11) is -1.62. The lowest BCUT2D eigenvalue weighted by Gasteiger charge is -2.11. The van der Waals surface area contributed by atoms with Crippen molar-refractivity contribution in [3.63, 3.8) is 0 Å². The van der Waals surface area contributed by atoms with E-state index in [4.69, 9.17) is 9.30 Å². The summed E-state index contributed by atoms with van der Waals surface area (Å²) < 4.78 is 55.8. The largest absolute Gasteiger partial charge is 0.339 e. The lowest BCUT2D eigenvalue weighted by atomic mass is 10.2. The molecule has 0 amide bonds. The molecule has 33 heavy (non-hydrogen) atoms. The number of rotatable bonds is 6. The lowest BCUT2D eigenvalue weighted by molar-refractivity contribution is 0.0120. The van der Waals surface area contributed by atoms with Crippen molar-refractivity contribution < 1.29 is 17.5 Å². The third-order valence-electron chi connectivity index (χ3n) is 5.52. The van der Waals surface area contributed by atoms with Crippen LogP contribution in [0.5, 0.6) is 0 Å². The van der Waals surface area contributed by atoms with Gasteiger partial charge in [-0.15, -0.1) is 10.2 Å². The molecule has 13 heteroatoms. The Hall–Kier alpha value is -3.35. The molecule has 4 aromatic rings. The number of aryl methyl sites for hydroxylation is 1. The number of alkyl halides is 2. The van der Waals surface area contributed by atoms with E-state index in [1.54, 1.807) is 20.0 Å². The number of pyridine rings is 1. The van der Waals surface area contributed by atoms with Crippen molar-refractivity contribution in [2.45, 2.75) is 43.4 Å². The summed E-state index contributed by atoms with van der Waals surface area (Å²) in [6.45, 7) is 2.37. The summed E-state index contributed by atoms with van der Waals surface area (Å²) >= 11 is 0. The summed E-state index contributed by atoms with van der Waals surface area (Å²) in [6.07, 6.45) is 3.49. The van der Waals surface area contributed by atoms with E-state index in [2.05, 4.69) is 30.3 Å². The van der Waals surface area contributed by atoms with E-state index in [0.29, 0.717) is 17.3 Å². The molecule has 1 aliphatic carbocycles. The summed E-state index contributed by atoms with van der Waals surface area (Å²) in [5, 5.41) is 11.5. The van der Waals surface area contributed by atoms with Crippen molar-refractivity contribution in [1.29, 1.82) is 4.78 Å². The highest BCUT2D eigenvalue weighted by Crippen LogP contribution is 2.40. The number of nitrogens with one attached hydrogen (secondary N) is 1. The Kier molecular flexibility index (Phi) is 4.78. The average Bonchev–Trinajstić information content (AvgIpc) is 3.42. The third-order valence-corrected chi connectivity index (χ3v) is 7.35. The smallest absolute Gasteiger partial charge is 0.288 e. The zero-order chi connectivity index (χ0) is 23.5. The number of fused-ring (bicyclic) bond motifs is 1. The standard InChI is InChI=1S/C20H20F2N8O2S/c1-4-33(23,31)13-7-11(16-26-19(32-29-16)10-5-6-10)9-24-15(13)18-25-12-8-14(20(2,21)22)27-28-17(12)30(18)3/h7-10,23H,4-6H2,1-3H3. The number of hydrogen-bond acceptors (Lipinski definition) is 9. The molecule has 0 saturated heterocycles. The van der Waals surface area contributed by atoms with Crippen LogP contribution in [0.4, 0.5) is 8.78 Å². The van der Waals surface area contributed by atoms with Gasteiger partial charge >= 0.3 is 0 Å². The van der Waals surface area contributed by atoms with Gasteiger partial charge in [-0.05, 0) is 25.0 Å². The first-order chi connectivity index (χ1) is 15.6. The Balaban J connectivity index is 1.67. The fraction of sp³-hybridized carbons (Fsp3) is 0.400. The van der Waals surface area contributed by atoms with Crippen LogP contribution in [-0.2, 0) is 22.7 Å². The molecule has 1 saturated carbocycles. The van der Waals surface area contributed by atoms with Gasteiger partial charge in [-0.3, -0.25) is 4.98 Å². The van der Waals surface area contributed by atoms with E-state index < -0.39 is 21.3 Å². The minimum atomic E-state index is -3.25. The Morgan fingerprint density at radius 2 is 2.03 bits per heavy atom. The van der Waals surface area contributed by atoms with Gasteiger partial charge < -0.3 is 9.09 Å². The monoisotopic (exact) mass is 474 g/mol. The number of imidazole rings is 1. The van der Waals surface area contributed by atoms with Crippen molar-refractivity contribution in [2.24, 2.45) is 7.05 Å². The Morgan fingerprint density at radius 3 is 2.70 bits per heavy atom. The van der Waals surface area contributed by atoms with Crippen molar-refractivity contribution in [3.8, 4) is 22.9 Å². The maximum Gasteiger partial charge on any atom is 0.288 e. The molecule has 1 N–H and O–H groups in total. The van der Waals surface area contributed by atoms with E-state index in [9.17, 15) is 13.0 Å². The van der Waals surface area contributed by atoms with Crippen LogP contribution in [0.1, 0.15) is 44.2 Å². The van der Waals surface area contributed by atoms with Crippen LogP contribution in [0.25, 0.3) is 34.1 Å². The van der Waals surface area contributed by atoms with E-state index in [0.717, 1.165) is 25.8 Å². The third kappa shape index (κ3) is 3.75. The van der Waals surface area contributed by atoms with Crippen LogP contribution in [0.2, 0.25) is 0 Å². The second-order valence-electron chi connectivity index (χ2n) is 8.09. The molecular weight excluding hydrogens is 454 g/mol. The van der Waals surface area contributed by atoms with Crippen LogP contribution in [0.15, 0.2) is 27.7 Å². The van der Waals surface area contributed by atoms with Gasteiger partial charge in [-0.1, -0.05) is 12.1 Å². The van der Waals surface area contributed by atoms with Crippen molar-refractivity contribution in [1.82, 2.24) is 34.9 Å². The summed E-state index contributed by atoms with van der Waals surface area (Å²) in [5.74, 6) is -1.77. The molecule has 1 aliphatic rings. The Morgan fingerprint density at radius 1 is 1.27 bits per heavy atom. The summed E-state index contributed by atoms with van der Waals surface area (Å²) in [4.78, 5) is 13.4. The molecule has 10 nitrogen and oxygen atoms in total. The molecule has 1 fully saturated rings. The van der Waals surface area contributed by atoms with Crippen LogP contribution in [0.3, 0.4) is 0 Å². The van der Waals surface area contributed by atoms with Crippen LogP contribution in [-0.4, -0.2) is 44.8 Å². The van der Waals surface area contributed by atoms with E-state index in [-0.39, 0.29) is 39.2 Å². The van der Waals surface area contributed by atoms with Gasteiger partial charge in [-0.2, -0.15) is 13.8 Å². The van der Waals surface area contributed by atoms with Crippen molar-refractivity contribution >= 4 is 20.9 Å². The number of nitrogens with zero attached hydrogens (tertiary/aromatic N) is 7. The van der Waals surface area contributed by atoms with E-state index in [1.807, 2.05) is 0 Å². The zero-order valence-electron chi connectivity index (χ0n) is 18.0. The fourth-order valence-electron chi connectivity index (χ4n) is 3.40. The molecule has 4 aromatic heterocycles. The van der Waals surface area contributed by atoms with Crippen LogP contribution in [0, 0.1) is 4.78 Å². The minimum Gasteiger partial charge on any atom is -0.339 e. The predicted octanol–water partition coefficient (Wildman–Crippen LogP) is 3.89. The lowest BCUT2D eigenvalue weighted by Crippen LogP contribution is -2.11.